The molecule has 0 aliphatic rings. The van der Waals surface area contributed by atoms with Gasteiger partial charge in [-0.2, -0.15) is 0 Å². The van der Waals surface area contributed by atoms with E-state index in [9.17, 15) is 9.59 Å². The second kappa shape index (κ2) is 8.63. The fourth-order valence-electron chi connectivity index (χ4n) is 1.99. The molecule has 6 nitrogen and oxygen atoms in total. The molecular formula is C17H20N4O2. The monoisotopic (exact) mass is 312 g/mol. The maximum atomic E-state index is 11.9. The summed E-state index contributed by atoms with van der Waals surface area (Å²) in [7, 11) is 0. The Morgan fingerprint density at radius 2 is 1.70 bits per heavy atom. The molecule has 0 saturated carbocycles. The fourth-order valence-corrected chi connectivity index (χ4v) is 1.99. The normalized spacial score (nSPS) is 10.1. The Morgan fingerprint density at radius 1 is 1.00 bits per heavy atom. The van der Waals surface area contributed by atoms with Crippen molar-refractivity contribution in [3.05, 3.63) is 59.7 Å². The molecular weight excluding hydrogens is 292 g/mol. The first kappa shape index (κ1) is 16.6. The van der Waals surface area contributed by atoms with E-state index in [1.807, 2.05) is 24.3 Å². The van der Waals surface area contributed by atoms with Gasteiger partial charge in [-0.15, -0.1) is 0 Å². The third kappa shape index (κ3) is 5.18. The summed E-state index contributed by atoms with van der Waals surface area (Å²) in [6.07, 6.45) is 5.99. The first-order chi connectivity index (χ1) is 11.2. The molecule has 0 unspecified atom stereocenters. The number of rotatable bonds is 7. The predicted molar refractivity (Wildman–Crippen MR) is 87.1 cm³/mol. The average Bonchev–Trinajstić information content (AvgIpc) is 2.62. The Bertz CT molecular complexity index is 641. The number of nitrogens with zero attached hydrogens (tertiary/aromatic N) is 2. The molecule has 0 aliphatic heterocycles. The van der Waals surface area contributed by atoms with Crippen LogP contribution in [0.15, 0.2) is 42.9 Å². The molecule has 2 aromatic rings. The molecule has 120 valence electrons. The topological polar surface area (TPSA) is 84.0 Å². The molecule has 0 fully saturated rings. The number of amides is 2. The first-order valence-electron chi connectivity index (χ1n) is 7.62. The second-order valence-corrected chi connectivity index (χ2v) is 5.01. The lowest BCUT2D eigenvalue weighted by Gasteiger charge is -2.07. The van der Waals surface area contributed by atoms with E-state index in [-0.39, 0.29) is 17.5 Å². The SMILES string of the molecule is CCc1ccc(C(=O)NCCCNC(=O)c2cnccn2)cc1. The van der Waals surface area contributed by atoms with Gasteiger partial charge in [0, 0.05) is 31.0 Å². The standard InChI is InChI=1S/C17H20N4O2/c1-2-13-4-6-14(7-5-13)16(22)20-8-3-9-21-17(23)15-12-18-10-11-19-15/h4-7,10-12H,2-3,8-9H2,1H3,(H,20,22)(H,21,23). The molecule has 23 heavy (non-hydrogen) atoms. The summed E-state index contributed by atoms with van der Waals surface area (Å²) in [5.41, 5.74) is 2.13. The van der Waals surface area contributed by atoms with E-state index in [2.05, 4.69) is 27.5 Å². The summed E-state index contributed by atoms with van der Waals surface area (Å²) < 4.78 is 0. The molecule has 0 bridgehead atoms. The van der Waals surface area contributed by atoms with Crippen LogP contribution in [0.3, 0.4) is 0 Å². The molecule has 0 radical (unpaired) electrons. The highest BCUT2D eigenvalue weighted by atomic mass is 16.2. The van der Waals surface area contributed by atoms with Gasteiger partial charge >= 0.3 is 0 Å². The van der Waals surface area contributed by atoms with E-state index in [0.717, 1.165) is 6.42 Å². The highest BCUT2D eigenvalue weighted by Crippen LogP contribution is 2.04. The summed E-state index contributed by atoms with van der Waals surface area (Å²) in [5, 5.41) is 5.57. The Kier molecular flexibility index (Phi) is 6.23. The van der Waals surface area contributed by atoms with Crippen molar-refractivity contribution in [1.29, 1.82) is 0 Å². The van der Waals surface area contributed by atoms with E-state index < -0.39 is 0 Å². The van der Waals surface area contributed by atoms with Crippen LogP contribution >= 0.6 is 0 Å². The lowest BCUT2D eigenvalue weighted by molar-refractivity contribution is 0.0947. The lowest BCUT2D eigenvalue weighted by Crippen LogP contribution is -2.30. The number of hydrogen-bond donors (Lipinski definition) is 2. The summed E-state index contributed by atoms with van der Waals surface area (Å²) in [5.74, 6) is -0.368. The number of nitrogens with one attached hydrogen (secondary N) is 2. The quantitative estimate of drug-likeness (QED) is 0.760. The predicted octanol–water partition coefficient (Wildman–Crippen LogP) is 1.59. The van der Waals surface area contributed by atoms with Crippen molar-refractivity contribution in [3.8, 4) is 0 Å². The molecule has 1 heterocycles. The Morgan fingerprint density at radius 3 is 2.30 bits per heavy atom. The second-order valence-electron chi connectivity index (χ2n) is 5.01. The number of hydrogen-bond acceptors (Lipinski definition) is 4. The van der Waals surface area contributed by atoms with Crippen molar-refractivity contribution >= 4 is 11.8 Å². The molecule has 1 aromatic heterocycles. The maximum absolute atomic E-state index is 11.9. The third-order valence-electron chi connectivity index (χ3n) is 3.34. The van der Waals surface area contributed by atoms with Gasteiger partial charge in [-0.1, -0.05) is 19.1 Å². The van der Waals surface area contributed by atoms with Gasteiger partial charge in [0.15, 0.2) is 0 Å². The van der Waals surface area contributed by atoms with Crippen LogP contribution in [0.1, 0.15) is 39.8 Å². The van der Waals surface area contributed by atoms with Gasteiger partial charge in [0.1, 0.15) is 5.69 Å². The zero-order chi connectivity index (χ0) is 16.5. The Balaban J connectivity index is 1.67. The molecule has 2 amide bonds. The van der Waals surface area contributed by atoms with Crippen molar-refractivity contribution in [1.82, 2.24) is 20.6 Å². The summed E-state index contributed by atoms with van der Waals surface area (Å²) in [4.78, 5) is 31.4. The fraction of sp³-hybridized carbons (Fsp3) is 0.294. The van der Waals surface area contributed by atoms with Crippen LogP contribution < -0.4 is 10.6 Å². The first-order valence-corrected chi connectivity index (χ1v) is 7.62. The molecule has 2 rings (SSSR count). The molecule has 0 saturated heterocycles. The van der Waals surface area contributed by atoms with Crippen LogP contribution in [0, 0.1) is 0 Å². The zero-order valence-electron chi connectivity index (χ0n) is 13.1. The molecule has 0 spiro atoms. The number of benzene rings is 1. The minimum Gasteiger partial charge on any atom is -0.352 e. The van der Waals surface area contributed by atoms with Crippen molar-refractivity contribution in [2.75, 3.05) is 13.1 Å². The average molecular weight is 312 g/mol. The number of carbonyl (C=O) groups excluding carboxylic acids is 2. The smallest absolute Gasteiger partial charge is 0.271 e. The molecule has 6 heteroatoms. The lowest BCUT2D eigenvalue weighted by atomic mass is 10.1. The Hall–Kier alpha value is -2.76. The molecule has 1 aromatic carbocycles. The largest absolute Gasteiger partial charge is 0.352 e. The van der Waals surface area contributed by atoms with Gasteiger partial charge in [0.25, 0.3) is 11.8 Å². The van der Waals surface area contributed by atoms with Crippen LogP contribution in [0.2, 0.25) is 0 Å². The zero-order valence-corrected chi connectivity index (χ0v) is 13.1. The van der Waals surface area contributed by atoms with E-state index in [1.54, 1.807) is 0 Å². The number of aromatic nitrogens is 2. The summed E-state index contributed by atoms with van der Waals surface area (Å²) >= 11 is 0. The maximum Gasteiger partial charge on any atom is 0.271 e. The van der Waals surface area contributed by atoms with Crippen LogP contribution in [0.4, 0.5) is 0 Å². The minimum atomic E-state index is -0.264. The van der Waals surface area contributed by atoms with Gasteiger partial charge in [0.05, 0.1) is 6.20 Å². The van der Waals surface area contributed by atoms with E-state index in [4.69, 9.17) is 0 Å². The van der Waals surface area contributed by atoms with Crippen molar-refractivity contribution in [3.63, 3.8) is 0 Å². The van der Waals surface area contributed by atoms with Crippen molar-refractivity contribution in [2.45, 2.75) is 19.8 Å². The highest BCUT2D eigenvalue weighted by molar-refractivity contribution is 5.94. The van der Waals surface area contributed by atoms with Gasteiger partial charge in [-0.05, 0) is 30.5 Å². The minimum absolute atomic E-state index is 0.104. The van der Waals surface area contributed by atoms with Gasteiger partial charge in [-0.25, -0.2) is 4.98 Å². The number of aryl methyl sites for hydroxylation is 1. The summed E-state index contributed by atoms with van der Waals surface area (Å²) in [6.45, 7) is 3.03. The van der Waals surface area contributed by atoms with Gasteiger partial charge in [-0.3, -0.25) is 14.6 Å². The van der Waals surface area contributed by atoms with Crippen LogP contribution in [-0.4, -0.2) is 34.9 Å². The molecule has 0 atom stereocenters. The van der Waals surface area contributed by atoms with Crippen LogP contribution in [0.5, 0.6) is 0 Å². The van der Waals surface area contributed by atoms with Crippen LogP contribution in [0.25, 0.3) is 0 Å². The molecule has 2 N–H and O–H groups in total. The van der Waals surface area contributed by atoms with Gasteiger partial charge < -0.3 is 10.6 Å². The van der Waals surface area contributed by atoms with E-state index >= 15 is 0 Å². The third-order valence-corrected chi connectivity index (χ3v) is 3.34. The van der Waals surface area contributed by atoms with E-state index in [1.165, 1.54) is 24.2 Å². The Labute approximate surface area is 135 Å². The highest BCUT2D eigenvalue weighted by Gasteiger charge is 2.06. The van der Waals surface area contributed by atoms with Crippen molar-refractivity contribution in [2.24, 2.45) is 0 Å². The van der Waals surface area contributed by atoms with E-state index in [0.29, 0.717) is 25.1 Å². The van der Waals surface area contributed by atoms with Crippen LogP contribution in [-0.2, 0) is 6.42 Å². The van der Waals surface area contributed by atoms with Crippen molar-refractivity contribution < 1.29 is 9.59 Å². The van der Waals surface area contributed by atoms with Gasteiger partial charge in [0.2, 0.25) is 0 Å². The summed E-state index contributed by atoms with van der Waals surface area (Å²) in [6, 6.07) is 7.56. The number of carbonyl (C=O) groups is 2. The molecule has 0 aliphatic carbocycles.